The number of nitrogens with one attached hydrogen (secondary N) is 1. The average molecular weight is 158 g/mol. The molecule has 0 radical (unpaired) electrons. The predicted octanol–water partition coefficient (Wildman–Crippen LogP) is -0.769. The van der Waals surface area contributed by atoms with Crippen LogP contribution in [0.25, 0.3) is 0 Å². The second-order valence-corrected chi connectivity index (χ2v) is 2.81. The molecular weight excluding hydrogens is 152 g/mol. The molecule has 0 heterocycles. The molecule has 0 saturated heterocycles. The molecule has 0 spiro atoms. The quantitative estimate of drug-likeness (QED) is 0.273. The Hall–Kier alpha value is -0.240. The van der Waals surface area contributed by atoms with Crippen molar-refractivity contribution in [3.63, 3.8) is 0 Å². The van der Waals surface area contributed by atoms with E-state index in [4.69, 9.17) is 18.7 Å². The first-order valence-corrected chi connectivity index (χ1v) is 3.72. The monoisotopic (exact) mass is 158 g/mol. The van der Waals surface area contributed by atoms with Gasteiger partial charge in [0.15, 0.2) is 0 Å². The zero-order valence-electron chi connectivity index (χ0n) is 3.77. The van der Waals surface area contributed by atoms with Gasteiger partial charge in [-0.2, -0.15) is 4.21 Å². The topological polar surface area (TPSA) is 107 Å². The Labute approximate surface area is 51.7 Å². The first kappa shape index (κ1) is 10.7. The lowest BCUT2D eigenvalue weighted by Gasteiger charge is -1.73. The van der Waals surface area contributed by atoms with Gasteiger partial charge in [-0.3, -0.25) is 14.5 Å². The van der Waals surface area contributed by atoms with Gasteiger partial charge in [-0.25, -0.2) is 0 Å². The highest BCUT2D eigenvalue weighted by molar-refractivity contribution is 8.26. The fourth-order valence-corrected chi connectivity index (χ4v) is 0. The van der Waals surface area contributed by atoms with E-state index in [1.165, 1.54) is 0 Å². The molecule has 50 valence electrons. The van der Waals surface area contributed by atoms with E-state index in [-0.39, 0.29) is 0 Å². The normalized spacial score (nSPS) is 8.75. The van der Waals surface area contributed by atoms with Crippen LogP contribution in [0.2, 0.25) is 0 Å². The van der Waals surface area contributed by atoms with Gasteiger partial charge in [-0.1, -0.05) is 0 Å². The van der Waals surface area contributed by atoms with Gasteiger partial charge >= 0.3 is 0 Å². The summed E-state index contributed by atoms with van der Waals surface area (Å²) in [4.78, 5) is 0. The Morgan fingerprint density at radius 3 is 1.75 bits per heavy atom. The maximum atomic E-state index is 9.11. The van der Waals surface area contributed by atoms with Crippen molar-refractivity contribution in [2.45, 2.75) is 0 Å². The fourth-order valence-electron chi connectivity index (χ4n) is 0. The average Bonchev–Trinajstić information content (AvgIpc) is 1.27. The van der Waals surface area contributed by atoms with Gasteiger partial charge in [0.1, 0.15) is 0 Å². The fraction of sp³-hybridized carbons (Fsp3) is 0. The molecule has 8 heavy (non-hydrogen) atoms. The Kier molecular flexibility index (Phi) is 6.56. The molecular formula is CH6N2O3S2. The van der Waals surface area contributed by atoms with Gasteiger partial charge in [0.05, 0.1) is 6.34 Å². The maximum absolute atomic E-state index is 9.11. The third-order valence-electron chi connectivity index (χ3n) is 0. The van der Waals surface area contributed by atoms with Gasteiger partial charge in [0.2, 0.25) is 0 Å². The van der Waals surface area contributed by atoms with Crippen molar-refractivity contribution in [3.05, 3.63) is 0 Å². The van der Waals surface area contributed by atoms with Crippen LogP contribution in [0.5, 0.6) is 0 Å². The molecule has 5 nitrogen and oxygen atoms in total. The van der Waals surface area contributed by atoms with E-state index < -0.39 is 9.05 Å². The van der Waals surface area contributed by atoms with Crippen molar-refractivity contribution in [1.29, 1.82) is 5.41 Å². The van der Waals surface area contributed by atoms with Gasteiger partial charge in [0, 0.05) is 11.2 Å². The van der Waals surface area contributed by atoms with Crippen LogP contribution in [0, 0.1) is 5.41 Å². The molecule has 0 fully saturated rings. The molecule has 0 aromatic carbocycles. The highest BCUT2D eigenvalue weighted by Gasteiger charge is 1.78. The summed E-state index contributed by atoms with van der Waals surface area (Å²) in [5.74, 6) is 0. The Morgan fingerprint density at radius 2 is 1.75 bits per heavy atom. The zero-order valence-corrected chi connectivity index (χ0v) is 5.41. The summed E-state index contributed by atoms with van der Waals surface area (Å²) < 4.78 is 24.0. The number of nitrogens with two attached hydrogens (primary N) is 1. The number of hydrogen-bond donors (Lipinski definition) is 4. The van der Waals surface area contributed by atoms with Gasteiger partial charge in [-0.15, -0.1) is 0 Å². The summed E-state index contributed by atoms with van der Waals surface area (Å²) in [6.07, 6.45) is 0.750. The van der Waals surface area contributed by atoms with Crippen LogP contribution in [0.1, 0.15) is 0 Å². The molecule has 7 heteroatoms. The summed E-state index contributed by atoms with van der Waals surface area (Å²) in [5.41, 5.74) is 4.39. The van der Waals surface area contributed by atoms with Crippen LogP contribution in [-0.2, 0) is 20.2 Å². The van der Waals surface area contributed by atoms with E-state index >= 15 is 0 Å². The van der Waals surface area contributed by atoms with Crippen LogP contribution >= 0.6 is 0 Å². The summed E-state index contributed by atoms with van der Waals surface area (Å²) in [7, 11) is -3.83. The van der Waals surface area contributed by atoms with Gasteiger partial charge in [-0.05, 0) is 0 Å². The van der Waals surface area contributed by atoms with Crippen LogP contribution in [0.15, 0.2) is 0 Å². The van der Waals surface area contributed by atoms with Crippen molar-refractivity contribution in [1.82, 2.24) is 0 Å². The molecule has 0 aromatic rings. The van der Waals surface area contributed by atoms with Crippen LogP contribution in [0.3, 0.4) is 0 Å². The minimum Gasteiger partial charge on any atom is -0.390 e. The summed E-state index contributed by atoms with van der Waals surface area (Å²) in [6, 6.07) is 0. The first-order valence-electron chi connectivity index (χ1n) is 1.32. The van der Waals surface area contributed by atoms with Gasteiger partial charge in [0.25, 0.3) is 9.05 Å². The van der Waals surface area contributed by atoms with Crippen molar-refractivity contribution in [3.8, 4) is 0 Å². The molecule has 0 bridgehead atoms. The third-order valence-corrected chi connectivity index (χ3v) is 0. The van der Waals surface area contributed by atoms with Crippen LogP contribution in [-0.4, -0.2) is 19.7 Å². The van der Waals surface area contributed by atoms with Crippen molar-refractivity contribution >= 4 is 26.6 Å². The molecule has 0 atom stereocenters. The highest BCUT2D eigenvalue weighted by atomic mass is 32.9. The first-order chi connectivity index (χ1) is 3.41. The molecule has 0 aliphatic heterocycles. The van der Waals surface area contributed by atoms with Crippen molar-refractivity contribution < 1.29 is 13.3 Å². The molecule has 0 unspecified atom stereocenters. The molecule has 0 rings (SSSR count). The smallest absolute Gasteiger partial charge is 0.263 e. The number of hydrogen-bond acceptors (Lipinski definition) is 3. The molecule has 0 aliphatic carbocycles. The standard InChI is InChI=1S/CH4N2.H2O3S2/c2-1-3;1-5(2,3)4/h1H,(H3,2,3);(H2,1,2,3,4). The van der Waals surface area contributed by atoms with E-state index in [0.717, 1.165) is 6.34 Å². The Bertz CT molecular complexity index is 129. The van der Waals surface area contributed by atoms with Crippen LogP contribution in [0.4, 0.5) is 0 Å². The minimum absolute atomic E-state index is 0.750. The minimum atomic E-state index is -3.83. The van der Waals surface area contributed by atoms with Crippen molar-refractivity contribution in [2.24, 2.45) is 5.73 Å². The summed E-state index contributed by atoms with van der Waals surface area (Å²) >= 11 is 3.47. The Balaban J connectivity index is 0. The number of rotatable bonds is 0. The second-order valence-electron chi connectivity index (χ2n) is 0.615. The third kappa shape index (κ3) is 2270. The Morgan fingerprint density at radius 1 is 1.75 bits per heavy atom. The van der Waals surface area contributed by atoms with E-state index in [2.05, 4.69) is 16.9 Å². The highest BCUT2D eigenvalue weighted by Crippen LogP contribution is 1.62. The van der Waals surface area contributed by atoms with E-state index in [0.29, 0.717) is 0 Å². The SMILES string of the molecule is N=CN.O=S(O)(O)=S. The van der Waals surface area contributed by atoms with E-state index in [9.17, 15) is 0 Å². The maximum Gasteiger partial charge on any atom is 0.263 e. The van der Waals surface area contributed by atoms with Gasteiger partial charge < -0.3 is 5.73 Å². The molecule has 0 amide bonds. The lowest BCUT2D eigenvalue weighted by Crippen LogP contribution is -1.86. The van der Waals surface area contributed by atoms with Crippen LogP contribution < -0.4 is 5.73 Å². The second kappa shape index (κ2) is 4.91. The predicted molar refractivity (Wildman–Crippen MR) is 33.7 cm³/mol. The van der Waals surface area contributed by atoms with E-state index in [1.54, 1.807) is 0 Å². The largest absolute Gasteiger partial charge is 0.390 e. The molecule has 0 saturated carbocycles. The molecule has 5 N–H and O–H groups in total. The summed E-state index contributed by atoms with van der Waals surface area (Å²) in [6.45, 7) is 0. The lowest BCUT2D eigenvalue weighted by atomic mass is 11.4. The zero-order chi connectivity index (χ0) is 7.21. The van der Waals surface area contributed by atoms with Crippen molar-refractivity contribution in [2.75, 3.05) is 0 Å². The summed E-state index contributed by atoms with van der Waals surface area (Å²) in [5, 5.41) is 5.86. The molecule has 0 aliphatic rings. The lowest BCUT2D eigenvalue weighted by molar-refractivity contribution is 0.450. The van der Waals surface area contributed by atoms with E-state index in [1.807, 2.05) is 0 Å². The molecule has 0 aromatic heterocycles.